The lowest BCUT2D eigenvalue weighted by molar-refractivity contribution is 0.100. The van der Waals surface area contributed by atoms with Gasteiger partial charge in [-0.25, -0.2) is 8.42 Å². The van der Waals surface area contributed by atoms with E-state index in [1.807, 2.05) is 13.8 Å². The van der Waals surface area contributed by atoms with E-state index in [4.69, 9.17) is 10.3 Å². The number of thiophene rings is 1. The van der Waals surface area contributed by atoms with Gasteiger partial charge in [-0.05, 0) is 6.07 Å². The van der Waals surface area contributed by atoms with Gasteiger partial charge in [0.1, 0.15) is 4.21 Å². The van der Waals surface area contributed by atoms with Gasteiger partial charge in [-0.2, -0.15) is 9.29 Å². The summed E-state index contributed by atoms with van der Waals surface area (Å²) in [5.74, 6) is 0.185. The molecule has 10 heteroatoms. The average Bonchev–Trinajstić information content (AvgIpc) is 3.13. The maximum absolute atomic E-state index is 12.6. The first-order valence-electron chi connectivity index (χ1n) is 6.96. The van der Waals surface area contributed by atoms with Crippen molar-refractivity contribution < 1.29 is 17.7 Å². The number of sulfonamides is 1. The molecule has 2 aromatic heterocycles. The normalized spacial score (nSPS) is 12.2. The number of amides is 1. The summed E-state index contributed by atoms with van der Waals surface area (Å²) in [6.45, 7) is 5.74. The van der Waals surface area contributed by atoms with Crippen LogP contribution in [0.15, 0.2) is 20.2 Å². The monoisotopic (exact) mass is 358 g/mol. The minimum Gasteiger partial charge on any atom is -0.366 e. The average molecular weight is 358 g/mol. The van der Waals surface area contributed by atoms with Crippen LogP contribution in [-0.4, -0.2) is 35.3 Å². The van der Waals surface area contributed by atoms with Crippen LogP contribution >= 0.6 is 11.3 Å². The Balaban J connectivity index is 2.25. The quantitative estimate of drug-likeness (QED) is 0.802. The molecule has 1 amide bonds. The molecule has 0 bridgehead atoms. The zero-order chi connectivity index (χ0) is 17.2. The lowest BCUT2D eigenvalue weighted by atomic mass is 10.2. The van der Waals surface area contributed by atoms with E-state index >= 15 is 0 Å². The fraction of sp³-hybridized carbons (Fsp3) is 0.462. The molecular formula is C13H18N4O4S2. The van der Waals surface area contributed by atoms with Gasteiger partial charge in [-0.15, -0.1) is 11.3 Å². The van der Waals surface area contributed by atoms with Crippen LogP contribution in [0.25, 0.3) is 0 Å². The Morgan fingerprint density at radius 3 is 2.65 bits per heavy atom. The number of nitrogens with zero attached hydrogens (tertiary/aromatic N) is 3. The topological polar surface area (TPSA) is 119 Å². The molecule has 0 saturated carbocycles. The van der Waals surface area contributed by atoms with Crippen LogP contribution in [0.1, 0.15) is 48.8 Å². The largest absolute Gasteiger partial charge is 0.366 e. The Morgan fingerprint density at radius 2 is 2.17 bits per heavy atom. The van der Waals surface area contributed by atoms with Gasteiger partial charge in [0.2, 0.25) is 11.8 Å². The number of carbonyl (C=O) groups excluding carboxylic acids is 1. The summed E-state index contributed by atoms with van der Waals surface area (Å²) in [5.41, 5.74) is 5.33. The molecule has 0 aromatic carbocycles. The van der Waals surface area contributed by atoms with Crippen molar-refractivity contribution in [3.8, 4) is 0 Å². The van der Waals surface area contributed by atoms with E-state index < -0.39 is 15.9 Å². The molecule has 0 radical (unpaired) electrons. The van der Waals surface area contributed by atoms with Gasteiger partial charge in [-0.3, -0.25) is 4.79 Å². The van der Waals surface area contributed by atoms with Crippen LogP contribution < -0.4 is 5.73 Å². The van der Waals surface area contributed by atoms with Crippen molar-refractivity contribution in [1.82, 2.24) is 14.4 Å². The Labute approximate surface area is 138 Å². The molecule has 2 heterocycles. The molecule has 23 heavy (non-hydrogen) atoms. The number of nitrogens with two attached hydrogens (primary N) is 1. The Bertz CT molecular complexity index is 795. The van der Waals surface area contributed by atoms with Crippen molar-refractivity contribution in [2.75, 3.05) is 6.54 Å². The van der Waals surface area contributed by atoms with Crippen LogP contribution in [0.5, 0.6) is 0 Å². The van der Waals surface area contributed by atoms with Gasteiger partial charge >= 0.3 is 0 Å². The Morgan fingerprint density at radius 1 is 1.48 bits per heavy atom. The molecule has 0 saturated heterocycles. The predicted octanol–water partition coefficient (Wildman–Crippen LogP) is 1.56. The van der Waals surface area contributed by atoms with Crippen LogP contribution in [-0.2, 0) is 16.6 Å². The first kappa shape index (κ1) is 17.6. The van der Waals surface area contributed by atoms with E-state index in [9.17, 15) is 13.2 Å². The highest BCUT2D eigenvalue weighted by atomic mass is 32.2. The number of primary amides is 1. The third-order valence-corrected chi connectivity index (χ3v) is 6.45. The van der Waals surface area contributed by atoms with E-state index in [0.29, 0.717) is 5.82 Å². The fourth-order valence-electron chi connectivity index (χ4n) is 1.79. The van der Waals surface area contributed by atoms with Gasteiger partial charge in [0.15, 0.2) is 5.82 Å². The molecule has 0 unspecified atom stereocenters. The molecule has 0 aliphatic heterocycles. The standard InChI is InChI=1S/C13H18N4O4S2/c1-4-17(6-10-15-13(8(2)3)16-21-10)23(19,20)11-5-9(7-22-11)12(14)18/h5,7-8H,4,6H2,1-3H3,(H2,14,18). The lowest BCUT2D eigenvalue weighted by Gasteiger charge is -2.17. The molecule has 0 atom stereocenters. The van der Waals surface area contributed by atoms with Gasteiger partial charge < -0.3 is 10.3 Å². The summed E-state index contributed by atoms with van der Waals surface area (Å²) in [4.78, 5) is 15.3. The van der Waals surface area contributed by atoms with Crippen LogP contribution in [0.3, 0.4) is 0 Å². The van der Waals surface area contributed by atoms with Gasteiger partial charge in [-0.1, -0.05) is 25.9 Å². The minimum atomic E-state index is -3.76. The van der Waals surface area contributed by atoms with Crippen molar-refractivity contribution in [3.63, 3.8) is 0 Å². The summed E-state index contributed by atoms with van der Waals surface area (Å²) in [6, 6.07) is 1.28. The van der Waals surface area contributed by atoms with Crippen LogP contribution in [0.2, 0.25) is 0 Å². The molecule has 2 rings (SSSR count). The molecule has 2 aromatic rings. The zero-order valence-corrected chi connectivity index (χ0v) is 14.6. The van der Waals surface area contributed by atoms with Gasteiger partial charge in [0.25, 0.3) is 10.0 Å². The van der Waals surface area contributed by atoms with Gasteiger partial charge in [0.05, 0.1) is 12.1 Å². The highest BCUT2D eigenvalue weighted by Gasteiger charge is 2.27. The lowest BCUT2D eigenvalue weighted by Crippen LogP contribution is -2.30. The summed E-state index contributed by atoms with van der Waals surface area (Å²) in [6.07, 6.45) is 0. The first-order valence-corrected chi connectivity index (χ1v) is 9.28. The second-order valence-electron chi connectivity index (χ2n) is 5.15. The van der Waals surface area contributed by atoms with E-state index in [1.165, 1.54) is 15.8 Å². The highest BCUT2D eigenvalue weighted by molar-refractivity contribution is 7.91. The fourth-order valence-corrected chi connectivity index (χ4v) is 4.51. The summed E-state index contributed by atoms with van der Waals surface area (Å²) < 4.78 is 31.6. The van der Waals surface area contributed by atoms with E-state index in [-0.39, 0.29) is 34.7 Å². The molecule has 126 valence electrons. The third-order valence-electron chi connectivity index (χ3n) is 3.12. The second-order valence-corrected chi connectivity index (χ2v) is 8.23. The van der Waals surface area contributed by atoms with E-state index in [0.717, 1.165) is 11.3 Å². The minimum absolute atomic E-state index is 0.0254. The van der Waals surface area contributed by atoms with Crippen LogP contribution in [0, 0.1) is 0 Å². The predicted molar refractivity (Wildman–Crippen MR) is 84.5 cm³/mol. The first-order chi connectivity index (χ1) is 10.8. The molecule has 0 aliphatic rings. The SMILES string of the molecule is CCN(Cc1nc(C(C)C)no1)S(=O)(=O)c1cc(C(N)=O)cs1. The third kappa shape index (κ3) is 3.77. The van der Waals surface area contributed by atoms with E-state index in [2.05, 4.69) is 10.1 Å². The summed E-state index contributed by atoms with van der Waals surface area (Å²) in [5, 5.41) is 5.24. The summed E-state index contributed by atoms with van der Waals surface area (Å²) >= 11 is 0.952. The number of hydrogen-bond donors (Lipinski definition) is 1. The number of aromatic nitrogens is 2. The number of hydrogen-bond acceptors (Lipinski definition) is 7. The Kier molecular flexibility index (Phi) is 5.17. The second kappa shape index (κ2) is 6.77. The molecule has 0 aliphatic carbocycles. The number of carbonyl (C=O) groups is 1. The van der Waals surface area contributed by atoms with Crippen molar-refractivity contribution in [3.05, 3.63) is 28.7 Å². The maximum Gasteiger partial charge on any atom is 0.253 e. The molecule has 0 fully saturated rings. The summed E-state index contributed by atoms with van der Waals surface area (Å²) in [7, 11) is -3.76. The maximum atomic E-state index is 12.6. The number of rotatable bonds is 7. The van der Waals surface area contributed by atoms with Crippen molar-refractivity contribution >= 4 is 27.3 Å². The molecule has 0 spiro atoms. The molecular weight excluding hydrogens is 340 g/mol. The van der Waals surface area contributed by atoms with Crippen molar-refractivity contribution in [1.29, 1.82) is 0 Å². The highest BCUT2D eigenvalue weighted by Crippen LogP contribution is 2.25. The Hall–Kier alpha value is -1.78. The smallest absolute Gasteiger partial charge is 0.253 e. The molecule has 8 nitrogen and oxygen atoms in total. The zero-order valence-electron chi connectivity index (χ0n) is 13.0. The van der Waals surface area contributed by atoms with Crippen molar-refractivity contribution in [2.24, 2.45) is 5.73 Å². The van der Waals surface area contributed by atoms with E-state index in [1.54, 1.807) is 6.92 Å². The molecule has 2 N–H and O–H groups in total. The van der Waals surface area contributed by atoms with Crippen LogP contribution in [0.4, 0.5) is 0 Å². The van der Waals surface area contributed by atoms with Gasteiger partial charge in [0, 0.05) is 17.8 Å². The van der Waals surface area contributed by atoms with Crippen molar-refractivity contribution in [2.45, 2.75) is 37.4 Å².